The van der Waals surface area contributed by atoms with Gasteiger partial charge in [0.15, 0.2) is 0 Å². The normalized spacial score (nSPS) is 20.0. The molecule has 4 nitrogen and oxygen atoms in total. The predicted molar refractivity (Wildman–Crippen MR) is 70.6 cm³/mol. The van der Waals surface area contributed by atoms with Gasteiger partial charge in [-0.1, -0.05) is 12.1 Å². The van der Waals surface area contributed by atoms with Crippen molar-refractivity contribution in [1.29, 1.82) is 0 Å². The molecule has 0 radical (unpaired) electrons. The van der Waals surface area contributed by atoms with Gasteiger partial charge in [0.05, 0.1) is 11.6 Å². The highest BCUT2D eigenvalue weighted by Gasteiger charge is 2.24. The van der Waals surface area contributed by atoms with Gasteiger partial charge in [-0.15, -0.1) is 0 Å². The number of hydrogen-bond donors (Lipinski definition) is 0. The average molecular weight is 241 g/mol. The summed E-state index contributed by atoms with van der Waals surface area (Å²) in [5, 5.41) is 1.02. The van der Waals surface area contributed by atoms with Crippen LogP contribution in [0.2, 0.25) is 0 Å². The van der Waals surface area contributed by atoms with Gasteiger partial charge in [0.1, 0.15) is 18.4 Å². The van der Waals surface area contributed by atoms with Gasteiger partial charge in [-0.3, -0.25) is 0 Å². The molecule has 1 fully saturated rings. The first-order valence-corrected chi connectivity index (χ1v) is 6.32. The minimum atomic E-state index is -0.0444. The van der Waals surface area contributed by atoms with E-state index in [0.29, 0.717) is 0 Å². The number of nitrogens with zero attached hydrogens (tertiary/aromatic N) is 3. The summed E-state index contributed by atoms with van der Waals surface area (Å²) in [7, 11) is 0. The lowest BCUT2D eigenvalue weighted by molar-refractivity contribution is -0.109. The highest BCUT2D eigenvalue weighted by atomic mass is 16.1. The van der Waals surface area contributed by atoms with Crippen LogP contribution < -0.4 is 4.90 Å². The summed E-state index contributed by atoms with van der Waals surface area (Å²) in [6.07, 6.45) is 5.76. The number of aromatic nitrogens is 2. The van der Waals surface area contributed by atoms with Crippen LogP contribution in [-0.2, 0) is 4.79 Å². The fourth-order valence-electron chi connectivity index (χ4n) is 2.58. The monoisotopic (exact) mass is 241 g/mol. The van der Waals surface area contributed by atoms with E-state index < -0.39 is 0 Å². The Morgan fingerprint density at radius 3 is 3.00 bits per heavy atom. The molecule has 0 amide bonds. The molecule has 0 N–H and O–H groups in total. The van der Waals surface area contributed by atoms with Crippen molar-refractivity contribution in [3.8, 4) is 0 Å². The summed E-state index contributed by atoms with van der Waals surface area (Å²) in [4.78, 5) is 22.0. The molecule has 92 valence electrons. The first-order valence-electron chi connectivity index (χ1n) is 6.32. The summed E-state index contributed by atoms with van der Waals surface area (Å²) < 4.78 is 0. The Hall–Kier alpha value is -1.97. The zero-order valence-electron chi connectivity index (χ0n) is 10.1. The van der Waals surface area contributed by atoms with Crippen molar-refractivity contribution in [2.45, 2.75) is 25.3 Å². The van der Waals surface area contributed by atoms with E-state index in [0.717, 1.165) is 48.8 Å². The first kappa shape index (κ1) is 11.1. The fraction of sp³-hybridized carbons (Fsp3) is 0.357. The van der Waals surface area contributed by atoms with Crippen molar-refractivity contribution in [1.82, 2.24) is 9.97 Å². The van der Waals surface area contributed by atoms with Gasteiger partial charge in [0.2, 0.25) is 0 Å². The van der Waals surface area contributed by atoms with Crippen LogP contribution in [0.15, 0.2) is 30.6 Å². The van der Waals surface area contributed by atoms with E-state index in [9.17, 15) is 4.79 Å². The lowest BCUT2D eigenvalue weighted by atomic mass is 10.0. The number of benzene rings is 1. The third-order valence-corrected chi connectivity index (χ3v) is 3.50. The van der Waals surface area contributed by atoms with Gasteiger partial charge in [0, 0.05) is 11.9 Å². The first-order chi connectivity index (χ1) is 8.90. The molecule has 1 aliphatic rings. The largest absolute Gasteiger partial charge is 0.346 e. The third-order valence-electron chi connectivity index (χ3n) is 3.50. The molecular weight excluding hydrogens is 226 g/mol. The van der Waals surface area contributed by atoms with E-state index >= 15 is 0 Å². The van der Waals surface area contributed by atoms with Crippen LogP contribution in [0.1, 0.15) is 19.3 Å². The van der Waals surface area contributed by atoms with E-state index in [1.54, 1.807) is 6.33 Å². The standard InChI is InChI=1S/C14H15N3O/c18-9-11-5-3-4-8-17(11)14-12-6-1-2-7-13(12)15-10-16-14/h1-2,6-7,9-11H,3-5,8H2. The van der Waals surface area contributed by atoms with Crippen molar-refractivity contribution >= 4 is 23.0 Å². The molecule has 1 aromatic heterocycles. The van der Waals surface area contributed by atoms with Crippen LogP contribution >= 0.6 is 0 Å². The van der Waals surface area contributed by atoms with Gasteiger partial charge >= 0.3 is 0 Å². The zero-order valence-corrected chi connectivity index (χ0v) is 10.1. The van der Waals surface area contributed by atoms with Crippen molar-refractivity contribution in [3.63, 3.8) is 0 Å². The second-order valence-corrected chi connectivity index (χ2v) is 4.61. The summed E-state index contributed by atoms with van der Waals surface area (Å²) in [6, 6.07) is 7.89. The zero-order chi connectivity index (χ0) is 12.4. The number of rotatable bonds is 2. The topological polar surface area (TPSA) is 46.1 Å². The molecule has 18 heavy (non-hydrogen) atoms. The molecule has 4 heteroatoms. The number of carbonyl (C=O) groups is 1. The summed E-state index contributed by atoms with van der Waals surface area (Å²) in [6.45, 7) is 0.893. The van der Waals surface area contributed by atoms with E-state index in [4.69, 9.17) is 0 Å². The Kier molecular flexibility index (Phi) is 2.92. The lowest BCUT2D eigenvalue weighted by Gasteiger charge is -2.33. The van der Waals surface area contributed by atoms with Crippen molar-refractivity contribution in [3.05, 3.63) is 30.6 Å². The van der Waals surface area contributed by atoms with E-state index in [-0.39, 0.29) is 6.04 Å². The van der Waals surface area contributed by atoms with Crippen LogP contribution in [0.25, 0.3) is 10.9 Å². The number of hydrogen-bond acceptors (Lipinski definition) is 4. The number of fused-ring (bicyclic) bond motifs is 1. The van der Waals surface area contributed by atoms with Crippen LogP contribution in [-0.4, -0.2) is 28.8 Å². The van der Waals surface area contributed by atoms with E-state index in [1.165, 1.54) is 0 Å². The summed E-state index contributed by atoms with van der Waals surface area (Å²) in [5.74, 6) is 0.886. The van der Waals surface area contributed by atoms with Crippen molar-refractivity contribution < 1.29 is 4.79 Å². The molecule has 1 aromatic carbocycles. The Bertz CT molecular complexity index is 564. The Labute approximate surface area is 106 Å². The maximum atomic E-state index is 11.2. The molecule has 1 saturated heterocycles. The highest BCUT2D eigenvalue weighted by molar-refractivity contribution is 5.90. The second-order valence-electron chi connectivity index (χ2n) is 4.61. The SMILES string of the molecule is O=CC1CCCCN1c1ncnc2ccccc12. The van der Waals surface area contributed by atoms with Crippen LogP contribution in [0.5, 0.6) is 0 Å². The van der Waals surface area contributed by atoms with Gasteiger partial charge in [0.25, 0.3) is 0 Å². The predicted octanol–water partition coefficient (Wildman–Crippen LogP) is 2.19. The molecule has 1 unspecified atom stereocenters. The number of para-hydroxylation sites is 1. The van der Waals surface area contributed by atoms with Crippen LogP contribution in [0.3, 0.4) is 0 Å². The van der Waals surface area contributed by atoms with Crippen molar-refractivity contribution in [2.24, 2.45) is 0 Å². The average Bonchev–Trinajstić information content (AvgIpc) is 2.46. The van der Waals surface area contributed by atoms with Crippen LogP contribution in [0, 0.1) is 0 Å². The number of anilines is 1. The number of carbonyl (C=O) groups excluding carboxylic acids is 1. The van der Waals surface area contributed by atoms with E-state index in [2.05, 4.69) is 14.9 Å². The van der Waals surface area contributed by atoms with Gasteiger partial charge in [-0.25, -0.2) is 9.97 Å². The molecule has 1 aliphatic heterocycles. The Morgan fingerprint density at radius 2 is 2.11 bits per heavy atom. The minimum absolute atomic E-state index is 0.0444. The van der Waals surface area contributed by atoms with E-state index in [1.807, 2.05) is 24.3 Å². The second kappa shape index (κ2) is 4.72. The maximum absolute atomic E-state index is 11.2. The Morgan fingerprint density at radius 1 is 1.22 bits per heavy atom. The van der Waals surface area contributed by atoms with Crippen molar-refractivity contribution in [2.75, 3.05) is 11.4 Å². The molecule has 0 aliphatic carbocycles. The fourth-order valence-corrected chi connectivity index (χ4v) is 2.58. The molecule has 3 rings (SSSR count). The lowest BCUT2D eigenvalue weighted by Crippen LogP contribution is -2.41. The quantitative estimate of drug-likeness (QED) is 0.756. The van der Waals surface area contributed by atoms with Crippen LogP contribution in [0.4, 0.5) is 5.82 Å². The molecule has 2 heterocycles. The molecule has 0 saturated carbocycles. The van der Waals surface area contributed by atoms with Gasteiger partial charge < -0.3 is 9.69 Å². The van der Waals surface area contributed by atoms with Gasteiger partial charge in [-0.05, 0) is 31.4 Å². The molecule has 0 spiro atoms. The summed E-state index contributed by atoms with van der Waals surface area (Å²) in [5.41, 5.74) is 0.928. The molecule has 0 bridgehead atoms. The molecule has 2 aromatic rings. The summed E-state index contributed by atoms with van der Waals surface area (Å²) >= 11 is 0. The highest BCUT2D eigenvalue weighted by Crippen LogP contribution is 2.27. The number of piperidine rings is 1. The maximum Gasteiger partial charge on any atom is 0.142 e. The molecule has 1 atom stereocenters. The molecular formula is C14H15N3O. The third kappa shape index (κ3) is 1.83. The smallest absolute Gasteiger partial charge is 0.142 e. The van der Waals surface area contributed by atoms with Gasteiger partial charge in [-0.2, -0.15) is 0 Å². The minimum Gasteiger partial charge on any atom is -0.346 e. The Balaban J connectivity index is 2.10. The number of aldehydes is 1.